The molecule has 2 aromatic rings. The number of hydrogen-bond donors (Lipinski definition) is 2. The summed E-state index contributed by atoms with van der Waals surface area (Å²) in [7, 11) is 0. The molecule has 8 heteroatoms. The zero-order valence-electron chi connectivity index (χ0n) is 15.6. The van der Waals surface area contributed by atoms with Crippen molar-refractivity contribution in [2.75, 3.05) is 11.9 Å². The van der Waals surface area contributed by atoms with Crippen LogP contribution in [0, 0.1) is 13.8 Å². The van der Waals surface area contributed by atoms with Gasteiger partial charge < -0.3 is 10.6 Å². The third kappa shape index (κ3) is 3.64. The van der Waals surface area contributed by atoms with E-state index < -0.39 is 29.9 Å². The second-order valence-corrected chi connectivity index (χ2v) is 8.17. The number of amides is 4. The lowest BCUT2D eigenvalue weighted by Crippen LogP contribution is -2.42. The zero-order valence-corrected chi connectivity index (χ0v) is 17.9. The van der Waals surface area contributed by atoms with Crippen molar-refractivity contribution in [2.45, 2.75) is 26.3 Å². The number of hydrogen-bond acceptors (Lipinski definition) is 3. The maximum absolute atomic E-state index is 13.0. The first-order chi connectivity index (χ1) is 13.1. The van der Waals surface area contributed by atoms with Crippen molar-refractivity contribution in [3.63, 3.8) is 0 Å². The smallest absolute Gasteiger partial charge is 0.323 e. The average Bonchev–Trinajstić information content (AvgIpc) is 2.82. The van der Waals surface area contributed by atoms with E-state index in [4.69, 9.17) is 11.6 Å². The van der Waals surface area contributed by atoms with E-state index in [-0.39, 0.29) is 0 Å². The molecule has 0 radical (unpaired) electrons. The first kappa shape index (κ1) is 20.4. The minimum atomic E-state index is -1.26. The molecular weight excluding hydrogens is 446 g/mol. The predicted octanol–water partition coefficient (Wildman–Crippen LogP) is 4.13. The first-order valence-corrected chi connectivity index (χ1v) is 9.76. The SMILES string of the molecule is Cc1cc(C)c(NC(=O)CN2C(=O)NC(C)(c3ccccc3Br)C2=O)c(Cl)c1. The first-order valence-electron chi connectivity index (χ1n) is 8.59. The second kappa shape index (κ2) is 7.56. The molecule has 0 spiro atoms. The van der Waals surface area contributed by atoms with Gasteiger partial charge in [0.15, 0.2) is 0 Å². The molecule has 2 N–H and O–H groups in total. The van der Waals surface area contributed by atoms with Crippen LogP contribution in [0.5, 0.6) is 0 Å². The summed E-state index contributed by atoms with van der Waals surface area (Å²) in [6.45, 7) is 4.94. The number of aryl methyl sites for hydroxylation is 2. The third-order valence-corrected chi connectivity index (χ3v) is 5.67. The molecule has 1 fully saturated rings. The van der Waals surface area contributed by atoms with Crippen LogP contribution in [-0.4, -0.2) is 29.3 Å². The van der Waals surface area contributed by atoms with E-state index in [1.807, 2.05) is 26.0 Å². The van der Waals surface area contributed by atoms with Crippen LogP contribution in [0.2, 0.25) is 5.02 Å². The van der Waals surface area contributed by atoms with E-state index in [1.165, 1.54) is 0 Å². The minimum Gasteiger partial charge on any atom is -0.323 e. The van der Waals surface area contributed by atoms with Gasteiger partial charge in [-0.3, -0.25) is 14.5 Å². The zero-order chi connectivity index (χ0) is 20.6. The Kier molecular flexibility index (Phi) is 5.50. The Bertz CT molecular complexity index is 971. The molecule has 0 saturated carbocycles. The summed E-state index contributed by atoms with van der Waals surface area (Å²) in [5.74, 6) is -1.000. The molecule has 146 valence electrons. The van der Waals surface area contributed by atoms with Crippen LogP contribution in [0.3, 0.4) is 0 Å². The van der Waals surface area contributed by atoms with Crippen LogP contribution in [0.4, 0.5) is 10.5 Å². The number of rotatable bonds is 4. The van der Waals surface area contributed by atoms with Crippen molar-refractivity contribution in [1.29, 1.82) is 0 Å². The maximum Gasteiger partial charge on any atom is 0.325 e. The number of anilines is 1. The standard InChI is InChI=1S/C20H19BrClN3O3/c1-11-8-12(2)17(15(22)9-11)23-16(26)10-25-18(27)20(3,24-19(25)28)13-6-4-5-7-14(13)21/h4-9H,10H2,1-3H3,(H,23,26)(H,24,28). The van der Waals surface area contributed by atoms with Gasteiger partial charge in [-0.05, 0) is 44.0 Å². The summed E-state index contributed by atoms with van der Waals surface area (Å²) in [6, 6.07) is 10.1. The van der Waals surface area contributed by atoms with Gasteiger partial charge in [-0.1, -0.05) is 51.8 Å². The molecule has 0 bridgehead atoms. The van der Waals surface area contributed by atoms with E-state index in [0.717, 1.165) is 16.0 Å². The second-order valence-electron chi connectivity index (χ2n) is 6.91. The van der Waals surface area contributed by atoms with Crippen molar-refractivity contribution in [3.05, 3.63) is 62.6 Å². The van der Waals surface area contributed by atoms with Gasteiger partial charge in [0, 0.05) is 10.0 Å². The molecule has 3 rings (SSSR count). The summed E-state index contributed by atoms with van der Waals surface area (Å²) in [4.78, 5) is 38.8. The van der Waals surface area contributed by atoms with Crippen molar-refractivity contribution >= 4 is 51.1 Å². The van der Waals surface area contributed by atoms with Crippen LogP contribution in [0.1, 0.15) is 23.6 Å². The molecule has 28 heavy (non-hydrogen) atoms. The molecular formula is C20H19BrClN3O3. The quantitative estimate of drug-likeness (QED) is 0.668. The number of halogens is 2. The number of benzene rings is 2. The van der Waals surface area contributed by atoms with Crippen molar-refractivity contribution in [2.24, 2.45) is 0 Å². The summed E-state index contributed by atoms with van der Waals surface area (Å²) >= 11 is 9.63. The molecule has 1 saturated heterocycles. The van der Waals surface area contributed by atoms with E-state index in [2.05, 4.69) is 26.6 Å². The van der Waals surface area contributed by atoms with Gasteiger partial charge in [0.25, 0.3) is 5.91 Å². The Morgan fingerprint density at radius 3 is 2.57 bits per heavy atom. The number of carbonyl (C=O) groups is 3. The maximum atomic E-state index is 13.0. The van der Waals surface area contributed by atoms with Gasteiger partial charge in [-0.25, -0.2) is 4.79 Å². The van der Waals surface area contributed by atoms with Crippen molar-refractivity contribution in [1.82, 2.24) is 10.2 Å². The fraction of sp³-hybridized carbons (Fsp3) is 0.250. The number of nitrogens with zero attached hydrogens (tertiary/aromatic N) is 1. The summed E-state index contributed by atoms with van der Waals surface area (Å²) < 4.78 is 0.694. The molecule has 1 atom stereocenters. The summed E-state index contributed by atoms with van der Waals surface area (Å²) in [5.41, 5.74) is 1.61. The predicted molar refractivity (Wildman–Crippen MR) is 111 cm³/mol. The Balaban J connectivity index is 1.80. The van der Waals surface area contributed by atoms with Gasteiger partial charge in [0.1, 0.15) is 12.1 Å². The van der Waals surface area contributed by atoms with Gasteiger partial charge in [0.05, 0.1) is 10.7 Å². The average molecular weight is 465 g/mol. The highest BCUT2D eigenvalue weighted by molar-refractivity contribution is 9.10. The van der Waals surface area contributed by atoms with Crippen LogP contribution in [0.15, 0.2) is 40.9 Å². The Morgan fingerprint density at radius 1 is 1.25 bits per heavy atom. The Labute approximate surface area is 176 Å². The molecule has 1 aliphatic heterocycles. The Morgan fingerprint density at radius 2 is 1.93 bits per heavy atom. The molecule has 6 nitrogen and oxygen atoms in total. The monoisotopic (exact) mass is 463 g/mol. The highest BCUT2D eigenvalue weighted by atomic mass is 79.9. The van der Waals surface area contributed by atoms with Crippen molar-refractivity contribution < 1.29 is 14.4 Å². The molecule has 0 aliphatic carbocycles. The lowest BCUT2D eigenvalue weighted by atomic mass is 9.92. The van der Waals surface area contributed by atoms with E-state index >= 15 is 0 Å². The Hall–Kier alpha value is -2.38. The molecule has 1 heterocycles. The lowest BCUT2D eigenvalue weighted by Gasteiger charge is -2.23. The van der Waals surface area contributed by atoms with Gasteiger partial charge >= 0.3 is 6.03 Å². The van der Waals surface area contributed by atoms with Crippen molar-refractivity contribution in [3.8, 4) is 0 Å². The lowest BCUT2D eigenvalue weighted by molar-refractivity contribution is -0.133. The van der Waals surface area contributed by atoms with Crippen LogP contribution in [0.25, 0.3) is 0 Å². The van der Waals surface area contributed by atoms with E-state index in [1.54, 1.807) is 31.2 Å². The summed E-state index contributed by atoms with van der Waals surface area (Å²) in [5, 5.41) is 5.79. The topological polar surface area (TPSA) is 78.5 Å². The molecule has 2 aromatic carbocycles. The normalized spacial score (nSPS) is 19.0. The molecule has 4 amide bonds. The van der Waals surface area contributed by atoms with Crippen LogP contribution >= 0.6 is 27.5 Å². The highest BCUT2D eigenvalue weighted by Crippen LogP contribution is 2.33. The van der Waals surface area contributed by atoms with Crippen LogP contribution < -0.4 is 10.6 Å². The van der Waals surface area contributed by atoms with Gasteiger partial charge in [0.2, 0.25) is 5.91 Å². The molecule has 1 aliphatic rings. The fourth-order valence-corrected chi connectivity index (χ4v) is 4.34. The van der Waals surface area contributed by atoms with Gasteiger partial charge in [-0.15, -0.1) is 0 Å². The van der Waals surface area contributed by atoms with E-state index in [9.17, 15) is 14.4 Å². The van der Waals surface area contributed by atoms with Crippen LogP contribution in [-0.2, 0) is 15.1 Å². The van der Waals surface area contributed by atoms with Gasteiger partial charge in [-0.2, -0.15) is 0 Å². The number of urea groups is 1. The largest absolute Gasteiger partial charge is 0.325 e. The van der Waals surface area contributed by atoms with E-state index in [0.29, 0.717) is 20.7 Å². The summed E-state index contributed by atoms with van der Waals surface area (Å²) in [6.07, 6.45) is 0. The number of carbonyl (C=O) groups excluding carboxylic acids is 3. The fourth-order valence-electron chi connectivity index (χ4n) is 3.29. The molecule has 1 unspecified atom stereocenters. The third-order valence-electron chi connectivity index (χ3n) is 4.69. The minimum absolute atomic E-state index is 0.404. The number of imide groups is 1. The highest BCUT2D eigenvalue weighted by Gasteiger charge is 2.50. The molecule has 0 aromatic heterocycles. The number of nitrogens with one attached hydrogen (secondary N) is 2.